The van der Waals surface area contributed by atoms with E-state index >= 15 is 0 Å². The standard InChI is InChI=1S/C47H42ClN2/c1-46(31-34-16-7-4-8-17-34)43(50(3)42-28-26-37-22-13-14-23-39(37)45(42)46)24-15-25-44-47(32-35-18-9-5-10-19-35,33-36-20-11-6-12-21-36)40-30-38(48)27-29-41(40)49(44)2/h4-30H,31-33H2,1-3H3/q+1. The van der Waals surface area contributed by atoms with Gasteiger partial charge in [-0.3, -0.25) is 0 Å². The molecule has 2 aliphatic heterocycles. The van der Waals surface area contributed by atoms with Crippen molar-refractivity contribution in [2.45, 2.75) is 37.0 Å². The molecule has 246 valence electrons. The first-order valence-electron chi connectivity index (χ1n) is 17.6. The Morgan fingerprint density at radius 2 is 1.26 bits per heavy atom. The summed E-state index contributed by atoms with van der Waals surface area (Å²) in [6, 6.07) is 52.5. The number of rotatable bonds is 8. The molecule has 1 unspecified atom stereocenters. The first-order chi connectivity index (χ1) is 24.4. The van der Waals surface area contributed by atoms with Crippen LogP contribution in [0.25, 0.3) is 10.8 Å². The number of fused-ring (bicyclic) bond motifs is 4. The van der Waals surface area contributed by atoms with Gasteiger partial charge in [-0.1, -0.05) is 139 Å². The van der Waals surface area contributed by atoms with Crippen LogP contribution in [0.3, 0.4) is 0 Å². The van der Waals surface area contributed by atoms with Gasteiger partial charge in [-0.15, -0.1) is 0 Å². The number of nitrogens with zero attached hydrogens (tertiary/aromatic N) is 2. The molecule has 2 nitrogen and oxygen atoms in total. The fourth-order valence-electron chi connectivity index (χ4n) is 8.82. The molecule has 0 radical (unpaired) electrons. The van der Waals surface area contributed by atoms with Crippen molar-refractivity contribution in [2.24, 2.45) is 0 Å². The Kier molecular flexibility index (Phi) is 8.29. The normalized spacial score (nSPS) is 18.7. The smallest absolute Gasteiger partial charge is 0.209 e. The summed E-state index contributed by atoms with van der Waals surface area (Å²) in [5.41, 5.74) is 11.1. The molecule has 0 bridgehead atoms. The van der Waals surface area contributed by atoms with Crippen LogP contribution < -0.4 is 4.90 Å². The minimum atomic E-state index is -0.319. The molecule has 50 heavy (non-hydrogen) atoms. The van der Waals surface area contributed by atoms with Gasteiger partial charge in [-0.2, -0.15) is 4.58 Å². The lowest BCUT2D eigenvalue weighted by Crippen LogP contribution is -2.39. The second-order valence-electron chi connectivity index (χ2n) is 14.2. The number of hydrogen-bond acceptors (Lipinski definition) is 1. The Hall–Kier alpha value is -5.18. The van der Waals surface area contributed by atoms with Crippen molar-refractivity contribution in [3.63, 3.8) is 0 Å². The van der Waals surface area contributed by atoms with Crippen LogP contribution in [0.5, 0.6) is 0 Å². The molecule has 8 rings (SSSR count). The van der Waals surface area contributed by atoms with Crippen molar-refractivity contribution >= 4 is 39.5 Å². The Morgan fingerprint density at radius 3 is 1.90 bits per heavy atom. The molecule has 1 atom stereocenters. The largest absolute Gasteiger partial charge is 0.347 e. The minimum absolute atomic E-state index is 0.232. The van der Waals surface area contributed by atoms with E-state index in [2.05, 4.69) is 188 Å². The third-order valence-corrected chi connectivity index (χ3v) is 11.3. The number of halogens is 1. The fourth-order valence-corrected chi connectivity index (χ4v) is 9.00. The number of allylic oxidation sites excluding steroid dienone is 4. The summed E-state index contributed by atoms with van der Waals surface area (Å²) in [4.78, 5) is 2.41. The molecule has 0 amide bonds. The van der Waals surface area contributed by atoms with Crippen molar-refractivity contribution in [1.29, 1.82) is 0 Å². The second-order valence-corrected chi connectivity index (χ2v) is 14.6. The zero-order chi connectivity index (χ0) is 34.3. The molecule has 3 heteroatoms. The van der Waals surface area contributed by atoms with E-state index in [9.17, 15) is 0 Å². The van der Waals surface area contributed by atoms with Crippen LogP contribution in [-0.4, -0.2) is 24.4 Å². The maximum atomic E-state index is 6.78. The van der Waals surface area contributed by atoms with Gasteiger partial charge in [0.2, 0.25) is 5.69 Å². The summed E-state index contributed by atoms with van der Waals surface area (Å²) in [7, 11) is 4.44. The van der Waals surface area contributed by atoms with E-state index in [4.69, 9.17) is 11.6 Å². The second kappa shape index (κ2) is 12.9. The van der Waals surface area contributed by atoms with Gasteiger partial charge in [-0.25, -0.2) is 0 Å². The molecule has 2 heterocycles. The highest BCUT2D eigenvalue weighted by molar-refractivity contribution is 6.30. The Labute approximate surface area is 301 Å². The zero-order valence-corrected chi connectivity index (χ0v) is 29.7. The van der Waals surface area contributed by atoms with E-state index in [1.54, 1.807) is 0 Å². The molecule has 0 saturated carbocycles. The van der Waals surface area contributed by atoms with Gasteiger partial charge in [0.15, 0.2) is 5.71 Å². The molecule has 0 aliphatic carbocycles. The summed E-state index contributed by atoms with van der Waals surface area (Å²) < 4.78 is 2.39. The number of anilines is 1. The number of hydrogen-bond donors (Lipinski definition) is 0. The lowest BCUT2D eigenvalue weighted by atomic mass is 9.69. The van der Waals surface area contributed by atoms with Crippen molar-refractivity contribution in [1.82, 2.24) is 0 Å². The van der Waals surface area contributed by atoms with E-state index in [-0.39, 0.29) is 10.8 Å². The minimum Gasteiger partial charge on any atom is -0.347 e. The summed E-state index contributed by atoms with van der Waals surface area (Å²) in [5.74, 6) is 0. The highest BCUT2D eigenvalue weighted by Gasteiger charge is 2.50. The lowest BCUT2D eigenvalue weighted by molar-refractivity contribution is -0.401. The zero-order valence-electron chi connectivity index (χ0n) is 29.0. The van der Waals surface area contributed by atoms with Crippen molar-refractivity contribution in [3.8, 4) is 0 Å². The average Bonchev–Trinajstić information content (AvgIpc) is 3.48. The van der Waals surface area contributed by atoms with Crippen LogP contribution in [-0.2, 0) is 30.1 Å². The summed E-state index contributed by atoms with van der Waals surface area (Å²) in [6.07, 6.45) is 9.66. The molecule has 0 fully saturated rings. The van der Waals surface area contributed by atoms with Crippen LogP contribution in [0.15, 0.2) is 170 Å². The predicted molar refractivity (Wildman–Crippen MR) is 211 cm³/mol. The predicted octanol–water partition coefficient (Wildman–Crippen LogP) is 11.0. The average molecular weight is 670 g/mol. The van der Waals surface area contributed by atoms with E-state index in [1.165, 1.54) is 61.4 Å². The van der Waals surface area contributed by atoms with Crippen LogP contribution in [0.1, 0.15) is 34.7 Å². The highest BCUT2D eigenvalue weighted by atomic mass is 35.5. The van der Waals surface area contributed by atoms with Crippen molar-refractivity contribution in [2.75, 3.05) is 19.0 Å². The molecule has 6 aromatic carbocycles. The maximum absolute atomic E-state index is 6.78. The summed E-state index contributed by atoms with van der Waals surface area (Å²) in [5, 5.41) is 3.37. The molecular formula is C47H42ClN2+. The molecule has 6 aromatic rings. The quantitative estimate of drug-likeness (QED) is 0.146. The number of benzene rings is 6. The summed E-state index contributed by atoms with van der Waals surface area (Å²) >= 11 is 6.78. The first-order valence-corrected chi connectivity index (χ1v) is 17.9. The molecule has 0 N–H and O–H groups in total. The van der Waals surface area contributed by atoms with Crippen molar-refractivity contribution < 1.29 is 4.58 Å². The first kappa shape index (κ1) is 32.0. The number of likely N-dealkylation sites (N-methyl/N-ethyl adjacent to an activating group) is 1. The van der Waals surface area contributed by atoms with E-state index in [0.717, 1.165) is 24.3 Å². The topological polar surface area (TPSA) is 6.25 Å². The Balaban J connectivity index is 1.28. The fraction of sp³-hybridized carbons (Fsp3) is 0.170. The molecular weight excluding hydrogens is 628 g/mol. The maximum Gasteiger partial charge on any atom is 0.209 e. The Morgan fingerprint density at radius 1 is 0.680 bits per heavy atom. The van der Waals surface area contributed by atoms with E-state index in [0.29, 0.717) is 0 Å². The van der Waals surface area contributed by atoms with E-state index in [1.807, 2.05) is 6.07 Å². The van der Waals surface area contributed by atoms with Crippen molar-refractivity contribution in [3.05, 3.63) is 202 Å². The lowest BCUT2D eigenvalue weighted by Gasteiger charge is -2.30. The van der Waals surface area contributed by atoms with E-state index < -0.39 is 0 Å². The highest BCUT2D eigenvalue weighted by Crippen LogP contribution is 2.52. The van der Waals surface area contributed by atoms with Crippen LogP contribution in [0.4, 0.5) is 11.4 Å². The third kappa shape index (κ3) is 5.49. The van der Waals surface area contributed by atoms with Gasteiger partial charge in [0, 0.05) is 46.6 Å². The van der Waals surface area contributed by atoms with Crippen LogP contribution in [0.2, 0.25) is 5.02 Å². The van der Waals surface area contributed by atoms with Crippen LogP contribution >= 0.6 is 11.6 Å². The van der Waals surface area contributed by atoms with Gasteiger partial charge >= 0.3 is 0 Å². The van der Waals surface area contributed by atoms with Gasteiger partial charge in [0.1, 0.15) is 7.05 Å². The van der Waals surface area contributed by atoms with Gasteiger partial charge in [0.05, 0.1) is 5.41 Å². The van der Waals surface area contributed by atoms with Crippen LogP contribution in [0, 0.1) is 0 Å². The Bertz CT molecular complexity index is 2240. The molecule has 0 saturated heterocycles. The molecule has 0 spiro atoms. The summed E-state index contributed by atoms with van der Waals surface area (Å²) in [6.45, 7) is 2.43. The monoisotopic (exact) mass is 669 g/mol. The molecule has 2 aliphatic rings. The SMILES string of the molecule is CN1/C(=C/C=C/C2=[N+](C)c3ccc(Cl)cc3C2(Cc2ccccc2)Cc2ccccc2)C(C)(Cc2ccccc2)c2c1ccc1ccccc21. The van der Waals surface area contributed by atoms with Gasteiger partial charge in [-0.05, 0) is 83.5 Å². The third-order valence-electron chi connectivity index (χ3n) is 11.0. The molecule has 0 aromatic heterocycles. The van der Waals surface area contributed by atoms with Gasteiger partial charge in [0.25, 0.3) is 0 Å². The van der Waals surface area contributed by atoms with Gasteiger partial charge < -0.3 is 4.90 Å².